The molecule has 0 N–H and O–H groups in total. The summed E-state index contributed by atoms with van der Waals surface area (Å²) in [6.45, 7) is 11.7. The van der Waals surface area contributed by atoms with Crippen LogP contribution in [0.15, 0.2) is 42.5 Å². The molecule has 0 aromatic heterocycles. The first-order valence-electron chi connectivity index (χ1n) is 15.1. The molecule has 0 aliphatic carbocycles. The van der Waals surface area contributed by atoms with Crippen molar-refractivity contribution in [1.82, 2.24) is 4.90 Å². The first kappa shape index (κ1) is 32.9. The van der Waals surface area contributed by atoms with Gasteiger partial charge in [-0.15, -0.1) is 0 Å². The zero-order chi connectivity index (χ0) is 28.7. The lowest BCUT2D eigenvalue weighted by Crippen LogP contribution is -2.53. The minimum Gasteiger partial charge on any atom is -0.452 e. The third-order valence-corrected chi connectivity index (χ3v) is 7.04. The second-order valence-electron chi connectivity index (χ2n) is 12.2. The third-order valence-electron chi connectivity index (χ3n) is 7.04. The van der Waals surface area contributed by atoms with E-state index in [2.05, 4.69) is 13.0 Å². The fraction of sp³-hybridized carbons (Fsp3) is 0.697. The van der Waals surface area contributed by atoms with Crippen LogP contribution >= 0.6 is 0 Å². The maximum Gasteiger partial charge on any atom is 0.413 e. The number of esters is 1. The lowest BCUT2D eigenvalue weighted by molar-refractivity contribution is -0.0671. The van der Waals surface area contributed by atoms with Gasteiger partial charge in [-0.25, -0.2) is 9.59 Å². The van der Waals surface area contributed by atoms with Crippen molar-refractivity contribution in [2.24, 2.45) is 0 Å². The molecule has 0 spiro atoms. The molecule has 1 aromatic carbocycles. The summed E-state index contributed by atoms with van der Waals surface area (Å²) in [7, 11) is 0. The van der Waals surface area contributed by atoms with Crippen molar-refractivity contribution in [3.63, 3.8) is 0 Å². The second-order valence-corrected chi connectivity index (χ2v) is 12.2. The zero-order valence-electron chi connectivity index (χ0n) is 25.4. The van der Waals surface area contributed by atoms with Gasteiger partial charge in [0, 0.05) is 0 Å². The van der Waals surface area contributed by atoms with Crippen LogP contribution in [0.25, 0.3) is 0 Å². The Hall–Kier alpha value is -2.34. The van der Waals surface area contributed by atoms with E-state index >= 15 is 0 Å². The van der Waals surface area contributed by atoms with Gasteiger partial charge in [0.05, 0.1) is 12.2 Å². The number of hydrogen-bond donors (Lipinski definition) is 0. The highest BCUT2D eigenvalue weighted by Crippen LogP contribution is 2.32. The van der Waals surface area contributed by atoms with Gasteiger partial charge in [-0.1, -0.05) is 95.4 Å². The summed E-state index contributed by atoms with van der Waals surface area (Å²) in [5, 5.41) is 0. The number of carbonyl (C=O) groups is 2. The van der Waals surface area contributed by atoms with E-state index in [1.165, 1.54) is 64.2 Å². The highest BCUT2D eigenvalue weighted by molar-refractivity contribution is 5.89. The van der Waals surface area contributed by atoms with Gasteiger partial charge in [0.2, 0.25) is 0 Å². The van der Waals surface area contributed by atoms with E-state index in [-0.39, 0.29) is 6.61 Å². The lowest BCUT2D eigenvalue weighted by Gasteiger charge is -2.36. The minimum atomic E-state index is -0.881. The Morgan fingerprint density at radius 3 is 2.10 bits per heavy atom. The van der Waals surface area contributed by atoms with Crippen LogP contribution in [0.3, 0.4) is 0 Å². The molecule has 0 radical (unpaired) electrons. The predicted octanol–water partition coefficient (Wildman–Crippen LogP) is 8.84. The van der Waals surface area contributed by atoms with Crippen molar-refractivity contribution in [3.05, 3.63) is 48.0 Å². The average Bonchev–Trinajstić information content (AvgIpc) is 3.20. The van der Waals surface area contributed by atoms with Gasteiger partial charge >= 0.3 is 12.1 Å². The number of amides is 1. The molecule has 1 aliphatic rings. The molecule has 2 unspecified atom stereocenters. The molecule has 1 amide bonds. The lowest BCUT2D eigenvalue weighted by atomic mass is 10.0. The van der Waals surface area contributed by atoms with Crippen LogP contribution in [0.1, 0.15) is 129 Å². The van der Waals surface area contributed by atoms with Crippen LogP contribution in [-0.4, -0.2) is 47.0 Å². The first-order chi connectivity index (χ1) is 18.5. The number of ether oxygens (including phenoxy) is 3. The van der Waals surface area contributed by atoms with Crippen LogP contribution in [0, 0.1) is 0 Å². The van der Waals surface area contributed by atoms with E-state index in [0.717, 1.165) is 12.8 Å². The maximum atomic E-state index is 13.2. The van der Waals surface area contributed by atoms with Gasteiger partial charge in [-0.2, -0.15) is 0 Å². The summed E-state index contributed by atoms with van der Waals surface area (Å²) < 4.78 is 17.7. The predicted molar refractivity (Wildman–Crippen MR) is 158 cm³/mol. The Morgan fingerprint density at radius 2 is 1.54 bits per heavy atom. The maximum absolute atomic E-state index is 13.2. The quantitative estimate of drug-likeness (QED) is 0.118. The number of nitrogens with zero attached hydrogens (tertiary/aromatic N) is 1. The fourth-order valence-electron chi connectivity index (χ4n) is 4.91. The van der Waals surface area contributed by atoms with E-state index in [4.69, 9.17) is 14.2 Å². The van der Waals surface area contributed by atoms with Crippen molar-refractivity contribution in [3.8, 4) is 0 Å². The van der Waals surface area contributed by atoms with Gasteiger partial charge in [-0.3, -0.25) is 4.90 Å². The molecule has 0 bridgehead atoms. The van der Waals surface area contributed by atoms with Crippen molar-refractivity contribution in [1.29, 1.82) is 0 Å². The number of rotatable bonds is 16. The Kier molecular flexibility index (Phi) is 14.1. The second kappa shape index (κ2) is 16.7. The largest absolute Gasteiger partial charge is 0.452 e. The van der Waals surface area contributed by atoms with E-state index in [0.29, 0.717) is 5.56 Å². The highest BCUT2D eigenvalue weighted by Gasteiger charge is 2.49. The Balaban J connectivity index is 1.95. The standard InChI is InChI=1S/C33H53NO5/c1-7-8-9-10-11-12-13-14-15-16-17-18-22-25-29(38-30(35)27-23-20-19-21-24-27)28-26-37-33(5,6)34(28)31(36)39-32(2,3)4/h19-25,28-29H,7-18,26H2,1-6H3/b25-22+. The molecule has 1 aromatic rings. The van der Waals surface area contributed by atoms with E-state index in [9.17, 15) is 9.59 Å². The van der Waals surface area contributed by atoms with Gasteiger partial charge in [-0.05, 0) is 65.7 Å². The summed E-state index contributed by atoms with van der Waals surface area (Å²) in [6, 6.07) is 8.45. The van der Waals surface area contributed by atoms with Crippen LogP contribution < -0.4 is 0 Å². The molecule has 6 heteroatoms. The third kappa shape index (κ3) is 12.2. The van der Waals surface area contributed by atoms with Gasteiger partial charge in [0.15, 0.2) is 0 Å². The molecule has 39 heavy (non-hydrogen) atoms. The zero-order valence-corrected chi connectivity index (χ0v) is 25.4. The Bertz CT molecular complexity index is 874. The smallest absolute Gasteiger partial charge is 0.413 e. The number of allylic oxidation sites excluding steroid dienone is 1. The van der Waals surface area contributed by atoms with E-state index < -0.39 is 35.5 Å². The van der Waals surface area contributed by atoms with Gasteiger partial charge in [0.1, 0.15) is 23.5 Å². The molecule has 1 aliphatic heterocycles. The van der Waals surface area contributed by atoms with E-state index in [1.807, 2.05) is 58.9 Å². The van der Waals surface area contributed by atoms with Crippen LogP contribution in [0.4, 0.5) is 4.79 Å². The first-order valence-corrected chi connectivity index (χ1v) is 15.1. The average molecular weight is 544 g/mol. The molecular formula is C33H53NO5. The molecule has 2 atom stereocenters. The Labute approximate surface area is 237 Å². The van der Waals surface area contributed by atoms with Gasteiger partial charge < -0.3 is 14.2 Å². The fourth-order valence-corrected chi connectivity index (χ4v) is 4.91. The number of benzene rings is 1. The van der Waals surface area contributed by atoms with Crippen molar-refractivity contribution in [2.45, 2.75) is 142 Å². The normalized spacial score (nSPS) is 17.9. The van der Waals surface area contributed by atoms with Crippen LogP contribution in [-0.2, 0) is 14.2 Å². The minimum absolute atomic E-state index is 0.252. The molecule has 0 saturated carbocycles. The van der Waals surface area contributed by atoms with Crippen molar-refractivity contribution in [2.75, 3.05) is 6.61 Å². The highest BCUT2D eigenvalue weighted by atomic mass is 16.6. The summed E-state index contributed by atoms with van der Waals surface area (Å²) in [6.07, 6.45) is 18.1. The summed E-state index contributed by atoms with van der Waals surface area (Å²) in [5.74, 6) is -0.422. The van der Waals surface area contributed by atoms with Gasteiger partial charge in [0.25, 0.3) is 0 Å². The Morgan fingerprint density at radius 1 is 0.974 bits per heavy atom. The molecule has 1 heterocycles. The molecule has 1 saturated heterocycles. The molecule has 6 nitrogen and oxygen atoms in total. The molecule has 220 valence electrons. The van der Waals surface area contributed by atoms with Crippen LogP contribution in [0.5, 0.6) is 0 Å². The summed E-state index contributed by atoms with van der Waals surface area (Å²) >= 11 is 0. The van der Waals surface area contributed by atoms with Crippen molar-refractivity contribution < 1.29 is 23.8 Å². The topological polar surface area (TPSA) is 65.1 Å². The number of unbranched alkanes of at least 4 members (excludes halogenated alkanes) is 11. The molecular weight excluding hydrogens is 490 g/mol. The van der Waals surface area contributed by atoms with E-state index in [1.54, 1.807) is 17.0 Å². The van der Waals surface area contributed by atoms with Crippen LogP contribution in [0.2, 0.25) is 0 Å². The molecule has 2 rings (SSSR count). The number of hydrogen-bond acceptors (Lipinski definition) is 5. The summed E-state index contributed by atoms with van der Waals surface area (Å²) in [5.41, 5.74) is -1.06. The number of carbonyl (C=O) groups excluding carboxylic acids is 2. The monoisotopic (exact) mass is 543 g/mol. The summed E-state index contributed by atoms with van der Waals surface area (Å²) in [4.78, 5) is 27.8. The van der Waals surface area contributed by atoms with Crippen molar-refractivity contribution >= 4 is 12.1 Å². The molecule has 1 fully saturated rings. The SMILES string of the molecule is CCCCCCCCCCCCC/C=C/C(OC(=O)c1ccccc1)C1COC(C)(C)N1C(=O)OC(C)(C)C.